The molecule has 0 spiro atoms. The Morgan fingerprint density at radius 2 is 2.10 bits per heavy atom. The van der Waals surface area contributed by atoms with Crippen LogP contribution in [0.25, 0.3) is 5.52 Å². The normalized spacial score (nSPS) is 18.3. The molecule has 3 rings (SSSR count). The third kappa shape index (κ3) is 2.37. The molecule has 5 nitrogen and oxygen atoms in total. The number of fused-ring (bicyclic) bond motifs is 1. The number of piperazine rings is 1. The van der Waals surface area contributed by atoms with Crippen molar-refractivity contribution in [2.24, 2.45) is 0 Å². The molecule has 112 valence electrons. The van der Waals surface area contributed by atoms with E-state index in [0.717, 1.165) is 25.2 Å². The van der Waals surface area contributed by atoms with Crippen LogP contribution in [-0.2, 0) is 4.79 Å². The summed E-state index contributed by atoms with van der Waals surface area (Å²) in [6, 6.07) is 2.20. The molecular weight excluding hydrogens is 264 g/mol. The fraction of sp³-hybridized carbons (Fsp3) is 0.500. The van der Waals surface area contributed by atoms with Gasteiger partial charge in [-0.3, -0.25) is 4.79 Å². The Hall–Kier alpha value is -2.04. The van der Waals surface area contributed by atoms with Gasteiger partial charge >= 0.3 is 0 Å². The molecule has 21 heavy (non-hydrogen) atoms. The number of rotatable bonds is 1. The van der Waals surface area contributed by atoms with Crippen LogP contribution < -0.4 is 4.90 Å². The first-order valence-corrected chi connectivity index (χ1v) is 7.34. The molecule has 0 N–H and O–H groups in total. The molecule has 0 bridgehead atoms. The van der Waals surface area contributed by atoms with Gasteiger partial charge in [0, 0.05) is 32.8 Å². The highest BCUT2D eigenvalue weighted by molar-refractivity contribution is 5.76. The number of imidazole rings is 1. The van der Waals surface area contributed by atoms with E-state index in [0.29, 0.717) is 0 Å². The maximum Gasteiger partial charge on any atom is 0.220 e. The van der Waals surface area contributed by atoms with Crippen molar-refractivity contribution in [3.05, 3.63) is 30.4 Å². The largest absolute Gasteiger partial charge is 0.366 e. The molecule has 0 aromatic carbocycles. The molecule has 2 aromatic heterocycles. The maximum absolute atomic E-state index is 11.8. The van der Waals surface area contributed by atoms with Gasteiger partial charge in [0.05, 0.1) is 29.3 Å². The molecule has 0 radical (unpaired) electrons. The van der Waals surface area contributed by atoms with Crippen LogP contribution in [0, 0.1) is 6.92 Å². The molecule has 0 saturated carbocycles. The molecular formula is C16H22N4O. The van der Waals surface area contributed by atoms with E-state index in [-0.39, 0.29) is 11.4 Å². The van der Waals surface area contributed by atoms with E-state index in [1.807, 2.05) is 17.4 Å². The highest BCUT2D eigenvalue weighted by atomic mass is 16.2. The number of nitrogens with zero attached hydrogens (tertiary/aromatic N) is 4. The van der Waals surface area contributed by atoms with Crippen molar-refractivity contribution in [3.63, 3.8) is 0 Å². The van der Waals surface area contributed by atoms with Gasteiger partial charge in [0.15, 0.2) is 0 Å². The van der Waals surface area contributed by atoms with Gasteiger partial charge in [-0.15, -0.1) is 0 Å². The first-order chi connectivity index (χ1) is 9.88. The van der Waals surface area contributed by atoms with E-state index < -0.39 is 0 Å². The Kier molecular flexibility index (Phi) is 3.15. The number of amides is 1. The average Bonchev–Trinajstić information content (AvgIpc) is 2.83. The van der Waals surface area contributed by atoms with E-state index in [1.54, 1.807) is 6.92 Å². The molecule has 0 aliphatic carbocycles. The summed E-state index contributed by atoms with van der Waals surface area (Å²) in [4.78, 5) is 20.4. The van der Waals surface area contributed by atoms with Crippen LogP contribution in [0.15, 0.2) is 24.8 Å². The second-order valence-corrected chi connectivity index (χ2v) is 6.49. The van der Waals surface area contributed by atoms with Gasteiger partial charge < -0.3 is 14.2 Å². The van der Waals surface area contributed by atoms with Crippen LogP contribution in [0.1, 0.15) is 26.3 Å². The number of pyridine rings is 1. The number of hydrogen-bond acceptors (Lipinski definition) is 3. The predicted molar refractivity (Wildman–Crippen MR) is 83.6 cm³/mol. The average molecular weight is 286 g/mol. The number of aryl methyl sites for hydroxylation is 1. The van der Waals surface area contributed by atoms with Gasteiger partial charge in [0.25, 0.3) is 0 Å². The monoisotopic (exact) mass is 286 g/mol. The van der Waals surface area contributed by atoms with Crippen molar-refractivity contribution in [2.75, 3.05) is 24.5 Å². The van der Waals surface area contributed by atoms with Gasteiger partial charge in [-0.2, -0.15) is 0 Å². The highest BCUT2D eigenvalue weighted by Crippen LogP contribution is 2.29. The van der Waals surface area contributed by atoms with Crippen LogP contribution >= 0.6 is 0 Å². The molecule has 1 aliphatic rings. The Balaban J connectivity index is 1.97. The molecule has 2 aromatic rings. The Bertz CT molecular complexity index is 689. The minimum atomic E-state index is -0.162. The fourth-order valence-corrected chi connectivity index (χ4v) is 3.35. The minimum absolute atomic E-state index is 0.151. The second kappa shape index (κ2) is 4.76. The number of aromatic nitrogens is 2. The third-order valence-corrected chi connectivity index (χ3v) is 4.26. The number of hydrogen-bond donors (Lipinski definition) is 0. The smallest absolute Gasteiger partial charge is 0.220 e. The summed E-state index contributed by atoms with van der Waals surface area (Å²) in [6.45, 7) is 10.5. The Morgan fingerprint density at radius 1 is 1.33 bits per heavy atom. The lowest BCUT2D eigenvalue weighted by molar-refractivity contribution is -0.134. The quantitative estimate of drug-likeness (QED) is 0.806. The van der Waals surface area contributed by atoms with Crippen LogP contribution in [0.3, 0.4) is 0 Å². The number of carbonyl (C=O) groups excluding carboxylic acids is 1. The summed E-state index contributed by atoms with van der Waals surface area (Å²) in [7, 11) is 0. The third-order valence-electron chi connectivity index (χ3n) is 4.26. The lowest BCUT2D eigenvalue weighted by atomic mass is 9.98. The van der Waals surface area contributed by atoms with E-state index in [4.69, 9.17) is 0 Å². The van der Waals surface area contributed by atoms with Gasteiger partial charge in [0.1, 0.15) is 0 Å². The molecule has 1 fully saturated rings. The molecule has 0 atom stereocenters. The predicted octanol–water partition coefficient (Wildman–Crippen LogP) is 2.09. The maximum atomic E-state index is 11.8. The Morgan fingerprint density at radius 3 is 2.76 bits per heavy atom. The topological polar surface area (TPSA) is 40.9 Å². The van der Waals surface area contributed by atoms with Gasteiger partial charge in [-0.25, -0.2) is 4.98 Å². The standard InChI is InChI=1S/C16H22N4O/c1-12-7-14(15-8-17-11-19(15)9-12)18-5-6-20(13(2)21)16(3,4)10-18/h7-9,11H,5-6,10H2,1-4H3. The van der Waals surface area contributed by atoms with E-state index in [9.17, 15) is 4.79 Å². The summed E-state index contributed by atoms with van der Waals surface area (Å²) in [5, 5.41) is 0. The summed E-state index contributed by atoms with van der Waals surface area (Å²) in [5.41, 5.74) is 3.36. The van der Waals surface area contributed by atoms with E-state index >= 15 is 0 Å². The molecule has 3 heterocycles. The first kappa shape index (κ1) is 13.9. The molecule has 5 heteroatoms. The number of carbonyl (C=O) groups is 1. The van der Waals surface area contributed by atoms with E-state index in [2.05, 4.69) is 47.3 Å². The van der Waals surface area contributed by atoms with Crippen molar-refractivity contribution >= 4 is 17.1 Å². The summed E-state index contributed by atoms with van der Waals surface area (Å²) < 4.78 is 2.06. The molecule has 0 unspecified atom stereocenters. The van der Waals surface area contributed by atoms with Crippen molar-refractivity contribution in [2.45, 2.75) is 33.2 Å². The summed E-state index contributed by atoms with van der Waals surface area (Å²) in [5.74, 6) is 0.151. The first-order valence-electron chi connectivity index (χ1n) is 7.34. The fourth-order valence-electron chi connectivity index (χ4n) is 3.35. The zero-order valence-corrected chi connectivity index (χ0v) is 13.1. The van der Waals surface area contributed by atoms with Crippen molar-refractivity contribution in [1.29, 1.82) is 0 Å². The van der Waals surface area contributed by atoms with Gasteiger partial charge in [-0.1, -0.05) is 0 Å². The van der Waals surface area contributed by atoms with Crippen LogP contribution in [0.2, 0.25) is 0 Å². The molecule has 1 amide bonds. The van der Waals surface area contributed by atoms with Gasteiger partial charge in [0.2, 0.25) is 5.91 Å². The van der Waals surface area contributed by atoms with Crippen LogP contribution in [0.5, 0.6) is 0 Å². The minimum Gasteiger partial charge on any atom is -0.366 e. The number of anilines is 1. The lowest BCUT2D eigenvalue weighted by Crippen LogP contribution is -2.60. The zero-order valence-electron chi connectivity index (χ0n) is 13.1. The Labute approximate surface area is 125 Å². The van der Waals surface area contributed by atoms with Crippen molar-refractivity contribution < 1.29 is 4.79 Å². The van der Waals surface area contributed by atoms with Crippen molar-refractivity contribution in [3.8, 4) is 0 Å². The highest BCUT2D eigenvalue weighted by Gasteiger charge is 2.35. The van der Waals surface area contributed by atoms with Crippen LogP contribution in [-0.4, -0.2) is 45.4 Å². The van der Waals surface area contributed by atoms with Crippen molar-refractivity contribution in [1.82, 2.24) is 14.3 Å². The lowest BCUT2D eigenvalue weighted by Gasteiger charge is -2.47. The van der Waals surface area contributed by atoms with Crippen LogP contribution in [0.4, 0.5) is 5.69 Å². The molecule has 1 saturated heterocycles. The zero-order chi connectivity index (χ0) is 15.2. The van der Waals surface area contributed by atoms with Gasteiger partial charge in [-0.05, 0) is 32.4 Å². The molecule has 1 aliphatic heterocycles. The summed E-state index contributed by atoms with van der Waals surface area (Å²) in [6.07, 6.45) is 5.82. The summed E-state index contributed by atoms with van der Waals surface area (Å²) >= 11 is 0. The SMILES string of the molecule is CC(=O)N1CCN(c2cc(C)cn3cncc23)CC1(C)C. The second-order valence-electron chi connectivity index (χ2n) is 6.49. The van der Waals surface area contributed by atoms with E-state index in [1.165, 1.54) is 11.3 Å².